The van der Waals surface area contributed by atoms with E-state index in [0.717, 1.165) is 59.4 Å². The number of hydrogen-bond donors (Lipinski definition) is 3. The zero-order valence-electron chi connectivity index (χ0n) is 20.0. The summed E-state index contributed by atoms with van der Waals surface area (Å²) < 4.78 is 10.8. The Morgan fingerprint density at radius 1 is 1.26 bits per heavy atom. The molecule has 1 amide bonds. The lowest BCUT2D eigenvalue weighted by atomic mass is 9.98. The summed E-state index contributed by atoms with van der Waals surface area (Å²) in [7, 11) is 1.65. The van der Waals surface area contributed by atoms with Crippen molar-refractivity contribution in [3.63, 3.8) is 0 Å². The van der Waals surface area contributed by atoms with Gasteiger partial charge in [0.05, 0.1) is 24.4 Å². The molecule has 8 heteroatoms. The molecule has 184 valence electrons. The smallest absolute Gasteiger partial charge is 0.262 e. The maximum atomic E-state index is 11.6. The molecule has 0 spiro atoms. The highest BCUT2D eigenvalue weighted by Crippen LogP contribution is 2.30. The van der Waals surface area contributed by atoms with Crippen LogP contribution in [0.25, 0.3) is 10.9 Å². The number of amides is 1. The molecule has 35 heavy (non-hydrogen) atoms. The average Bonchev–Trinajstić information content (AvgIpc) is 2.88. The number of piperidine rings is 1. The number of likely N-dealkylation sites (tertiary alicyclic amines) is 1. The number of nitrogens with zero attached hydrogens (tertiary/aromatic N) is 2. The van der Waals surface area contributed by atoms with E-state index in [1.807, 2.05) is 42.5 Å². The fourth-order valence-electron chi connectivity index (χ4n) is 5.04. The Balaban J connectivity index is 1.22. The summed E-state index contributed by atoms with van der Waals surface area (Å²) in [5.74, 6) is 1.34. The van der Waals surface area contributed by atoms with Crippen molar-refractivity contribution in [2.75, 3.05) is 38.7 Å². The summed E-state index contributed by atoms with van der Waals surface area (Å²) in [5, 5.41) is 18.6. The average molecular weight is 477 g/mol. The van der Waals surface area contributed by atoms with Gasteiger partial charge in [-0.05, 0) is 66.9 Å². The van der Waals surface area contributed by atoms with E-state index in [-0.39, 0.29) is 12.5 Å². The number of β-amino-alcohol motifs (C(OH)–C–C–N with tert-alkyl or cyclic N) is 1. The van der Waals surface area contributed by atoms with Gasteiger partial charge in [-0.2, -0.15) is 0 Å². The highest BCUT2D eigenvalue weighted by Gasteiger charge is 2.25. The van der Waals surface area contributed by atoms with E-state index in [9.17, 15) is 9.90 Å². The van der Waals surface area contributed by atoms with Gasteiger partial charge in [0.25, 0.3) is 5.91 Å². The minimum absolute atomic E-state index is 0.0663. The molecule has 0 saturated carbocycles. The predicted molar refractivity (Wildman–Crippen MR) is 135 cm³/mol. The van der Waals surface area contributed by atoms with Gasteiger partial charge in [-0.15, -0.1) is 0 Å². The first-order chi connectivity index (χ1) is 17.1. The lowest BCUT2D eigenvalue weighted by molar-refractivity contribution is -0.118. The number of hydrogen-bond acceptors (Lipinski definition) is 7. The molecular weight excluding hydrogens is 444 g/mol. The van der Waals surface area contributed by atoms with Crippen molar-refractivity contribution >= 4 is 22.5 Å². The number of aliphatic hydroxyl groups is 1. The molecule has 2 aliphatic rings. The minimum Gasteiger partial charge on any atom is -0.497 e. The van der Waals surface area contributed by atoms with Crippen molar-refractivity contribution in [3.8, 4) is 11.5 Å². The summed E-state index contributed by atoms with van der Waals surface area (Å²) in [6, 6.07) is 13.9. The van der Waals surface area contributed by atoms with Gasteiger partial charge < -0.3 is 25.2 Å². The van der Waals surface area contributed by atoms with Crippen molar-refractivity contribution < 1.29 is 19.4 Å². The quantitative estimate of drug-likeness (QED) is 0.459. The second kappa shape index (κ2) is 10.6. The van der Waals surface area contributed by atoms with Gasteiger partial charge in [0, 0.05) is 37.3 Å². The SMILES string of the molecule is COc1ccc2nccc(C(O)CN3CCCCC3CNCc3ccc4c(c3)NC(=O)CO4)c2c1. The third-order valence-corrected chi connectivity index (χ3v) is 6.88. The van der Waals surface area contributed by atoms with Gasteiger partial charge in [-0.25, -0.2) is 0 Å². The van der Waals surface area contributed by atoms with Crippen LogP contribution in [-0.4, -0.2) is 60.3 Å². The van der Waals surface area contributed by atoms with Crippen LogP contribution in [0.1, 0.15) is 36.5 Å². The second-order valence-electron chi connectivity index (χ2n) is 9.24. The zero-order chi connectivity index (χ0) is 24.2. The van der Waals surface area contributed by atoms with E-state index in [2.05, 4.69) is 20.5 Å². The Kier molecular flexibility index (Phi) is 7.13. The number of benzene rings is 2. The van der Waals surface area contributed by atoms with E-state index in [4.69, 9.17) is 9.47 Å². The Labute approximate surface area is 205 Å². The normalized spacial score (nSPS) is 19.0. The highest BCUT2D eigenvalue weighted by atomic mass is 16.5. The van der Waals surface area contributed by atoms with E-state index >= 15 is 0 Å². The molecule has 2 atom stereocenters. The fraction of sp³-hybridized carbons (Fsp3) is 0.407. The predicted octanol–water partition coefficient (Wildman–Crippen LogP) is 3.25. The number of carbonyl (C=O) groups excluding carboxylic acids is 1. The van der Waals surface area contributed by atoms with Gasteiger partial charge in [0.2, 0.25) is 0 Å². The summed E-state index contributed by atoms with van der Waals surface area (Å²) in [4.78, 5) is 18.4. The van der Waals surface area contributed by atoms with Gasteiger partial charge in [-0.3, -0.25) is 14.7 Å². The van der Waals surface area contributed by atoms with Crippen LogP contribution in [0.4, 0.5) is 5.69 Å². The topological polar surface area (TPSA) is 96.0 Å². The van der Waals surface area contributed by atoms with Crippen LogP contribution < -0.4 is 20.1 Å². The van der Waals surface area contributed by atoms with Crippen LogP contribution in [0.2, 0.25) is 0 Å². The van der Waals surface area contributed by atoms with E-state index in [1.54, 1.807) is 13.3 Å². The first-order valence-corrected chi connectivity index (χ1v) is 12.2. The van der Waals surface area contributed by atoms with Crippen LogP contribution in [0, 0.1) is 0 Å². The maximum absolute atomic E-state index is 11.6. The molecule has 2 aromatic carbocycles. The second-order valence-corrected chi connectivity index (χ2v) is 9.24. The molecule has 3 N–H and O–H groups in total. The number of nitrogens with one attached hydrogen (secondary N) is 2. The van der Waals surface area contributed by atoms with E-state index in [1.165, 1.54) is 6.42 Å². The lowest BCUT2D eigenvalue weighted by Gasteiger charge is -2.37. The van der Waals surface area contributed by atoms with Gasteiger partial charge in [-0.1, -0.05) is 12.5 Å². The number of fused-ring (bicyclic) bond motifs is 2. The number of ether oxygens (including phenoxy) is 2. The summed E-state index contributed by atoms with van der Waals surface area (Å²) >= 11 is 0. The number of carbonyl (C=O) groups is 1. The lowest BCUT2D eigenvalue weighted by Crippen LogP contribution is -2.47. The molecule has 8 nitrogen and oxygen atoms in total. The third-order valence-electron chi connectivity index (χ3n) is 6.88. The molecule has 0 bridgehead atoms. The monoisotopic (exact) mass is 476 g/mol. The molecule has 0 radical (unpaired) electrons. The summed E-state index contributed by atoms with van der Waals surface area (Å²) in [5.41, 5.74) is 3.55. The standard InChI is InChI=1S/C27H32N4O4/c1-34-20-6-7-23-22(13-20)21(9-10-29-23)25(32)16-31-11-3-2-4-19(31)15-28-14-18-5-8-26-24(12-18)30-27(33)17-35-26/h5-10,12-13,19,25,28,32H,2-4,11,14-17H2,1H3,(H,30,33). The van der Waals surface area contributed by atoms with Crippen LogP contribution in [0.5, 0.6) is 11.5 Å². The number of aliphatic hydroxyl groups excluding tert-OH is 1. The zero-order valence-corrected chi connectivity index (χ0v) is 20.0. The van der Waals surface area contributed by atoms with Crippen LogP contribution in [0.3, 0.4) is 0 Å². The minimum atomic E-state index is -0.613. The molecule has 3 heterocycles. The number of pyridine rings is 1. The number of anilines is 1. The van der Waals surface area contributed by atoms with Gasteiger partial charge >= 0.3 is 0 Å². The van der Waals surface area contributed by atoms with Crippen molar-refractivity contribution in [3.05, 3.63) is 59.8 Å². The molecule has 0 aliphatic carbocycles. The first-order valence-electron chi connectivity index (χ1n) is 12.2. The van der Waals surface area contributed by atoms with Crippen LogP contribution in [-0.2, 0) is 11.3 Å². The largest absolute Gasteiger partial charge is 0.497 e. The Hall–Kier alpha value is -3.20. The van der Waals surface area contributed by atoms with Gasteiger partial charge in [0.1, 0.15) is 11.5 Å². The molecule has 1 saturated heterocycles. The Bertz CT molecular complexity index is 1200. The summed E-state index contributed by atoms with van der Waals surface area (Å²) in [6.07, 6.45) is 4.57. The number of aromatic nitrogens is 1. The van der Waals surface area contributed by atoms with Crippen molar-refractivity contribution in [1.82, 2.24) is 15.2 Å². The maximum Gasteiger partial charge on any atom is 0.262 e. The van der Waals surface area contributed by atoms with Crippen molar-refractivity contribution in [1.29, 1.82) is 0 Å². The van der Waals surface area contributed by atoms with Crippen molar-refractivity contribution in [2.45, 2.75) is 38.0 Å². The Morgan fingerprint density at radius 3 is 3.06 bits per heavy atom. The van der Waals surface area contributed by atoms with Crippen molar-refractivity contribution in [2.24, 2.45) is 0 Å². The fourth-order valence-corrected chi connectivity index (χ4v) is 5.04. The van der Waals surface area contributed by atoms with E-state index in [0.29, 0.717) is 24.9 Å². The highest BCUT2D eigenvalue weighted by molar-refractivity contribution is 5.95. The molecule has 2 unspecified atom stereocenters. The molecule has 2 aliphatic heterocycles. The molecule has 3 aromatic rings. The molecule has 1 fully saturated rings. The van der Waals surface area contributed by atoms with E-state index < -0.39 is 6.10 Å². The van der Waals surface area contributed by atoms with Gasteiger partial charge in [0.15, 0.2) is 6.61 Å². The molecule has 1 aromatic heterocycles. The number of methoxy groups -OCH3 is 1. The first kappa shape index (κ1) is 23.5. The summed E-state index contributed by atoms with van der Waals surface area (Å²) in [6.45, 7) is 3.14. The third kappa shape index (κ3) is 5.40. The number of rotatable bonds is 8. The molecule has 5 rings (SSSR count). The van der Waals surface area contributed by atoms with Crippen LogP contribution >= 0.6 is 0 Å². The van der Waals surface area contributed by atoms with Crippen LogP contribution in [0.15, 0.2) is 48.7 Å². The Morgan fingerprint density at radius 2 is 2.17 bits per heavy atom. The molecular formula is C27H32N4O4.